The quantitative estimate of drug-likeness (QED) is 0.326. The van der Waals surface area contributed by atoms with Crippen molar-refractivity contribution in [1.29, 1.82) is 0 Å². The second-order valence-corrected chi connectivity index (χ2v) is 8.72. The van der Waals surface area contributed by atoms with Crippen LogP contribution < -0.4 is 0 Å². The zero-order valence-corrected chi connectivity index (χ0v) is 18.6. The molecule has 5 rings (SSSR count). The van der Waals surface area contributed by atoms with Gasteiger partial charge in [0.15, 0.2) is 11.0 Å². The van der Waals surface area contributed by atoms with Gasteiger partial charge in [-0.15, -0.1) is 10.2 Å². The Balaban J connectivity index is 1.42. The number of aromatic nitrogens is 4. The number of aromatic amines is 1. The molecule has 32 heavy (non-hydrogen) atoms. The molecule has 0 spiro atoms. The highest BCUT2D eigenvalue weighted by molar-refractivity contribution is 7.98. The van der Waals surface area contributed by atoms with Crippen LogP contribution in [0.25, 0.3) is 22.3 Å². The van der Waals surface area contributed by atoms with Crippen LogP contribution in [-0.2, 0) is 21.8 Å². The van der Waals surface area contributed by atoms with E-state index < -0.39 is 0 Å². The molecule has 0 amide bonds. The first kappa shape index (κ1) is 20.8. The van der Waals surface area contributed by atoms with E-state index in [0.717, 1.165) is 64.8 Å². The van der Waals surface area contributed by atoms with Crippen molar-refractivity contribution >= 4 is 28.6 Å². The molecule has 164 valence electrons. The van der Waals surface area contributed by atoms with Gasteiger partial charge in [-0.25, -0.2) is 4.79 Å². The number of rotatable bonds is 7. The summed E-state index contributed by atoms with van der Waals surface area (Å²) >= 11 is 1.63. The third-order valence-corrected chi connectivity index (χ3v) is 6.74. The molecule has 1 aliphatic rings. The van der Waals surface area contributed by atoms with Gasteiger partial charge in [-0.1, -0.05) is 42.1 Å². The Labute approximate surface area is 190 Å². The number of thioether (sulfide) groups is 1. The molecule has 2 aromatic heterocycles. The molecule has 2 aromatic carbocycles. The number of para-hydroxylation sites is 1. The molecule has 7 nitrogen and oxygen atoms in total. The monoisotopic (exact) mass is 448 g/mol. The summed E-state index contributed by atoms with van der Waals surface area (Å²) in [6.07, 6.45) is 4.31. The van der Waals surface area contributed by atoms with Crippen LogP contribution in [0.3, 0.4) is 0 Å². The molecule has 1 unspecified atom stereocenters. The highest BCUT2D eigenvalue weighted by atomic mass is 32.2. The Bertz CT molecular complexity index is 1230. The Morgan fingerprint density at radius 2 is 2.06 bits per heavy atom. The predicted octanol–water partition coefficient (Wildman–Crippen LogP) is 4.68. The lowest BCUT2D eigenvalue weighted by Crippen LogP contribution is -2.16. The van der Waals surface area contributed by atoms with Crippen LogP contribution in [0.15, 0.2) is 59.9 Å². The van der Waals surface area contributed by atoms with Crippen molar-refractivity contribution in [2.45, 2.75) is 36.4 Å². The number of fused-ring (bicyclic) bond motifs is 1. The van der Waals surface area contributed by atoms with Gasteiger partial charge in [0.25, 0.3) is 0 Å². The van der Waals surface area contributed by atoms with Gasteiger partial charge < -0.3 is 14.5 Å². The van der Waals surface area contributed by atoms with E-state index in [4.69, 9.17) is 9.47 Å². The molecule has 1 aliphatic heterocycles. The van der Waals surface area contributed by atoms with Gasteiger partial charge in [-0.2, -0.15) is 0 Å². The number of nitrogens with one attached hydrogen (secondary N) is 1. The van der Waals surface area contributed by atoms with E-state index in [-0.39, 0.29) is 12.1 Å². The maximum Gasteiger partial charge on any atom is 0.337 e. The molecule has 0 bridgehead atoms. The Morgan fingerprint density at radius 1 is 1.22 bits per heavy atom. The first-order valence-corrected chi connectivity index (χ1v) is 11.6. The van der Waals surface area contributed by atoms with Gasteiger partial charge in [0.05, 0.1) is 25.3 Å². The predicted molar refractivity (Wildman–Crippen MR) is 124 cm³/mol. The van der Waals surface area contributed by atoms with Crippen molar-refractivity contribution in [3.63, 3.8) is 0 Å². The van der Waals surface area contributed by atoms with Crippen LogP contribution in [0, 0.1) is 0 Å². The van der Waals surface area contributed by atoms with E-state index in [0.29, 0.717) is 5.56 Å². The van der Waals surface area contributed by atoms with Crippen molar-refractivity contribution in [1.82, 2.24) is 19.7 Å². The standard InChI is InChI=1S/C24H24N4O3S/c1-30-23(29)17-10-8-16(9-11-17)15-32-24-27-26-22(28(24)14-18-5-4-12-31-18)20-13-25-21-7-3-2-6-19(20)21/h2-3,6-11,13,18,25H,4-5,12,14-15H2,1H3. The summed E-state index contributed by atoms with van der Waals surface area (Å²) in [4.78, 5) is 15.0. The van der Waals surface area contributed by atoms with E-state index in [1.807, 2.05) is 30.5 Å². The Kier molecular flexibility index (Phi) is 5.96. The average molecular weight is 449 g/mol. The molecule has 3 heterocycles. The minimum atomic E-state index is -0.330. The van der Waals surface area contributed by atoms with Crippen molar-refractivity contribution in [2.75, 3.05) is 13.7 Å². The molecule has 4 aromatic rings. The molecule has 0 aliphatic carbocycles. The fraction of sp³-hybridized carbons (Fsp3) is 0.292. The Morgan fingerprint density at radius 3 is 2.84 bits per heavy atom. The number of hydrogen-bond donors (Lipinski definition) is 1. The number of esters is 1. The zero-order chi connectivity index (χ0) is 21.9. The SMILES string of the molecule is COC(=O)c1ccc(CSc2nnc(-c3c[nH]c4ccccc34)n2CC2CCCO2)cc1. The fourth-order valence-corrected chi connectivity index (χ4v) is 4.91. The summed E-state index contributed by atoms with van der Waals surface area (Å²) in [6, 6.07) is 15.7. The third-order valence-electron chi connectivity index (χ3n) is 5.70. The summed E-state index contributed by atoms with van der Waals surface area (Å²) in [6.45, 7) is 1.54. The van der Waals surface area contributed by atoms with E-state index in [9.17, 15) is 4.79 Å². The van der Waals surface area contributed by atoms with Gasteiger partial charge in [-0.05, 0) is 36.6 Å². The molecular weight excluding hydrogens is 424 g/mol. The molecule has 0 saturated carbocycles. The number of nitrogens with zero attached hydrogens (tertiary/aromatic N) is 3. The number of carbonyl (C=O) groups excluding carboxylic acids is 1. The van der Waals surface area contributed by atoms with Crippen molar-refractivity contribution < 1.29 is 14.3 Å². The van der Waals surface area contributed by atoms with E-state index in [1.165, 1.54) is 7.11 Å². The van der Waals surface area contributed by atoms with Crippen LogP contribution >= 0.6 is 11.8 Å². The average Bonchev–Trinajstić information content (AvgIpc) is 3.58. The maximum atomic E-state index is 11.7. The lowest BCUT2D eigenvalue weighted by molar-refractivity contribution is 0.0600. The summed E-state index contributed by atoms with van der Waals surface area (Å²) in [5, 5.41) is 11.1. The van der Waals surface area contributed by atoms with Crippen LogP contribution in [0.2, 0.25) is 0 Å². The number of H-pyrrole nitrogens is 1. The number of ether oxygens (including phenoxy) is 2. The first-order valence-electron chi connectivity index (χ1n) is 10.6. The molecule has 1 saturated heterocycles. The maximum absolute atomic E-state index is 11.7. The highest BCUT2D eigenvalue weighted by Crippen LogP contribution is 2.32. The first-order chi connectivity index (χ1) is 15.7. The normalized spacial score (nSPS) is 16.0. The molecular formula is C24H24N4O3S. The Hall–Kier alpha value is -3.10. The van der Waals surface area contributed by atoms with E-state index in [2.05, 4.69) is 31.9 Å². The summed E-state index contributed by atoms with van der Waals surface area (Å²) in [5.41, 5.74) is 3.77. The van der Waals surface area contributed by atoms with Gasteiger partial charge >= 0.3 is 5.97 Å². The highest BCUT2D eigenvalue weighted by Gasteiger charge is 2.23. The van der Waals surface area contributed by atoms with Gasteiger partial charge in [0.2, 0.25) is 0 Å². The van der Waals surface area contributed by atoms with Crippen LogP contribution in [0.1, 0.15) is 28.8 Å². The van der Waals surface area contributed by atoms with E-state index in [1.54, 1.807) is 23.9 Å². The van der Waals surface area contributed by atoms with Crippen LogP contribution in [0.5, 0.6) is 0 Å². The summed E-state index contributed by atoms with van der Waals surface area (Å²) in [5.74, 6) is 1.24. The largest absolute Gasteiger partial charge is 0.465 e. The summed E-state index contributed by atoms with van der Waals surface area (Å²) in [7, 11) is 1.39. The summed E-state index contributed by atoms with van der Waals surface area (Å²) < 4.78 is 12.9. The molecule has 8 heteroatoms. The molecule has 0 radical (unpaired) electrons. The van der Waals surface area contributed by atoms with Crippen molar-refractivity contribution in [3.8, 4) is 11.4 Å². The molecule has 1 atom stereocenters. The number of hydrogen-bond acceptors (Lipinski definition) is 6. The fourth-order valence-electron chi connectivity index (χ4n) is 4.01. The van der Waals surface area contributed by atoms with Crippen LogP contribution in [-0.4, -0.2) is 45.5 Å². The van der Waals surface area contributed by atoms with Gasteiger partial charge in [-0.3, -0.25) is 4.57 Å². The van der Waals surface area contributed by atoms with Gasteiger partial charge in [0.1, 0.15) is 0 Å². The number of methoxy groups -OCH3 is 1. The smallest absolute Gasteiger partial charge is 0.337 e. The number of benzene rings is 2. The molecule has 1 N–H and O–H groups in total. The van der Waals surface area contributed by atoms with Crippen LogP contribution in [0.4, 0.5) is 0 Å². The topological polar surface area (TPSA) is 82.0 Å². The zero-order valence-electron chi connectivity index (χ0n) is 17.8. The lowest BCUT2D eigenvalue weighted by atomic mass is 10.1. The minimum Gasteiger partial charge on any atom is -0.465 e. The molecule has 1 fully saturated rings. The second kappa shape index (κ2) is 9.18. The minimum absolute atomic E-state index is 0.175. The van der Waals surface area contributed by atoms with Gasteiger partial charge in [0, 0.05) is 35.0 Å². The third kappa shape index (κ3) is 4.16. The van der Waals surface area contributed by atoms with E-state index >= 15 is 0 Å². The second-order valence-electron chi connectivity index (χ2n) is 7.78. The number of carbonyl (C=O) groups is 1. The lowest BCUT2D eigenvalue weighted by Gasteiger charge is -2.14. The van der Waals surface area contributed by atoms with Crippen molar-refractivity contribution in [3.05, 3.63) is 65.9 Å². The van der Waals surface area contributed by atoms with Crippen molar-refractivity contribution in [2.24, 2.45) is 0 Å².